The highest BCUT2D eigenvalue weighted by Gasteiger charge is 2.30. The molecule has 0 spiro atoms. The Kier molecular flexibility index (Phi) is 5.79. The third-order valence-electron chi connectivity index (χ3n) is 5.47. The van der Waals surface area contributed by atoms with Gasteiger partial charge in [0.25, 0.3) is 0 Å². The molecule has 1 amide bonds. The number of rotatable bonds is 6. The number of amides is 1. The number of para-hydroxylation sites is 1. The molecule has 1 aliphatic rings. The lowest BCUT2D eigenvalue weighted by Gasteiger charge is -2.26. The number of fused-ring (bicyclic) bond motifs is 1. The van der Waals surface area contributed by atoms with Gasteiger partial charge in [-0.3, -0.25) is 9.10 Å². The maximum Gasteiger partial charge on any atom is 0.232 e. The van der Waals surface area contributed by atoms with Crippen LogP contribution in [0.3, 0.4) is 0 Å². The largest absolute Gasteiger partial charge is 0.309 e. The third-order valence-corrected chi connectivity index (χ3v) is 6.65. The van der Waals surface area contributed by atoms with Gasteiger partial charge in [-0.15, -0.1) is 0 Å². The normalized spacial score (nSPS) is 16.1. The number of nitrogens with zero attached hydrogens (tertiary/aromatic N) is 2. The second-order valence-electron chi connectivity index (χ2n) is 7.60. The summed E-state index contributed by atoms with van der Waals surface area (Å²) in [5.74, 6) is 0.0480. The van der Waals surface area contributed by atoms with Crippen molar-refractivity contribution in [1.29, 1.82) is 0 Å². The van der Waals surface area contributed by atoms with Gasteiger partial charge in [0.05, 0.1) is 11.9 Å². The quantitative estimate of drug-likeness (QED) is 0.740. The van der Waals surface area contributed by atoms with Crippen LogP contribution in [0.1, 0.15) is 36.5 Å². The highest BCUT2D eigenvalue weighted by molar-refractivity contribution is 7.92. The van der Waals surface area contributed by atoms with Crippen LogP contribution in [-0.4, -0.2) is 33.2 Å². The monoisotopic (exact) mass is 400 g/mol. The molecule has 0 bridgehead atoms. The molecular formula is C22H28N2O3S. The zero-order chi connectivity index (χ0) is 20.5. The first-order valence-corrected chi connectivity index (χ1v) is 11.5. The molecule has 0 saturated heterocycles. The minimum absolute atomic E-state index is 0.0480. The van der Waals surface area contributed by atoms with Crippen molar-refractivity contribution in [2.75, 3.05) is 22.0 Å². The van der Waals surface area contributed by atoms with Crippen molar-refractivity contribution in [2.45, 2.75) is 46.1 Å². The fraction of sp³-hybridized carbons (Fsp3) is 0.409. The summed E-state index contributed by atoms with van der Waals surface area (Å²) in [5, 5.41) is 0. The summed E-state index contributed by atoms with van der Waals surface area (Å²) in [7, 11) is -3.43. The first kappa shape index (κ1) is 20.4. The van der Waals surface area contributed by atoms with Crippen molar-refractivity contribution in [3.63, 3.8) is 0 Å². The van der Waals surface area contributed by atoms with Crippen LogP contribution in [0.15, 0.2) is 42.5 Å². The van der Waals surface area contributed by atoms with Crippen LogP contribution >= 0.6 is 0 Å². The molecule has 1 aliphatic heterocycles. The second-order valence-corrected chi connectivity index (χ2v) is 9.51. The molecule has 0 fully saturated rings. The Morgan fingerprint density at radius 1 is 1.14 bits per heavy atom. The zero-order valence-corrected chi connectivity index (χ0v) is 17.8. The molecule has 0 aromatic heterocycles. The lowest BCUT2D eigenvalue weighted by atomic mass is 10.1. The third kappa shape index (κ3) is 4.07. The van der Waals surface area contributed by atoms with Gasteiger partial charge >= 0.3 is 0 Å². The minimum Gasteiger partial charge on any atom is -0.309 e. The van der Waals surface area contributed by atoms with Crippen LogP contribution in [0.4, 0.5) is 11.4 Å². The van der Waals surface area contributed by atoms with E-state index in [1.54, 1.807) is 0 Å². The number of anilines is 2. The van der Waals surface area contributed by atoms with Crippen molar-refractivity contribution in [2.24, 2.45) is 0 Å². The fourth-order valence-corrected chi connectivity index (χ4v) is 4.93. The van der Waals surface area contributed by atoms with Gasteiger partial charge in [0, 0.05) is 24.7 Å². The van der Waals surface area contributed by atoms with E-state index in [-0.39, 0.29) is 11.9 Å². The summed E-state index contributed by atoms with van der Waals surface area (Å²) >= 11 is 0. The summed E-state index contributed by atoms with van der Waals surface area (Å²) in [4.78, 5) is 14.7. The van der Waals surface area contributed by atoms with Crippen LogP contribution < -0.4 is 9.21 Å². The van der Waals surface area contributed by atoms with Gasteiger partial charge in [-0.25, -0.2) is 8.42 Å². The van der Waals surface area contributed by atoms with E-state index in [0.29, 0.717) is 25.1 Å². The molecule has 150 valence electrons. The Hall–Kier alpha value is -2.34. The molecule has 0 unspecified atom stereocenters. The van der Waals surface area contributed by atoms with E-state index in [9.17, 15) is 13.2 Å². The summed E-state index contributed by atoms with van der Waals surface area (Å²) < 4.78 is 26.2. The van der Waals surface area contributed by atoms with Crippen molar-refractivity contribution in [1.82, 2.24) is 0 Å². The fourth-order valence-electron chi connectivity index (χ4n) is 3.91. The van der Waals surface area contributed by atoms with Crippen LogP contribution in [0.2, 0.25) is 0 Å². The van der Waals surface area contributed by atoms with Gasteiger partial charge in [0.2, 0.25) is 15.9 Å². The summed E-state index contributed by atoms with van der Waals surface area (Å²) in [6.07, 6.45) is 2.87. The number of benzene rings is 2. The van der Waals surface area contributed by atoms with Gasteiger partial charge in [-0.1, -0.05) is 30.3 Å². The smallest absolute Gasteiger partial charge is 0.232 e. The number of sulfonamides is 1. The maximum absolute atomic E-state index is 12.9. The van der Waals surface area contributed by atoms with E-state index in [4.69, 9.17) is 0 Å². The Morgan fingerprint density at radius 2 is 1.86 bits per heavy atom. The van der Waals surface area contributed by atoms with Gasteiger partial charge in [0.1, 0.15) is 0 Å². The number of hydrogen-bond donors (Lipinski definition) is 0. The summed E-state index contributed by atoms with van der Waals surface area (Å²) in [6, 6.07) is 13.8. The van der Waals surface area contributed by atoms with Crippen LogP contribution in [0, 0.1) is 13.8 Å². The van der Waals surface area contributed by atoms with Crippen LogP contribution in [0.25, 0.3) is 0 Å². The molecule has 5 nitrogen and oxygen atoms in total. The minimum atomic E-state index is -3.43. The van der Waals surface area contributed by atoms with Gasteiger partial charge in [-0.05, 0) is 62.4 Å². The topological polar surface area (TPSA) is 57.7 Å². The second kappa shape index (κ2) is 7.95. The molecule has 3 rings (SSSR count). The van der Waals surface area contributed by atoms with E-state index < -0.39 is 10.0 Å². The average molecular weight is 401 g/mol. The van der Waals surface area contributed by atoms with Crippen LogP contribution in [-0.2, 0) is 21.2 Å². The van der Waals surface area contributed by atoms with Gasteiger partial charge in [-0.2, -0.15) is 0 Å². The SMILES string of the molecule is Cc1cccc(N(CCCC(=O)N2c3ccccc3C[C@@H]2C)S(C)(=O)=O)c1C. The highest BCUT2D eigenvalue weighted by Crippen LogP contribution is 2.32. The molecule has 1 heterocycles. The van der Waals surface area contributed by atoms with E-state index in [1.807, 2.05) is 55.1 Å². The summed E-state index contributed by atoms with van der Waals surface area (Å²) in [5.41, 5.74) is 4.85. The van der Waals surface area contributed by atoms with Gasteiger partial charge < -0.3 is 4.90 Å². The molecule has 0 aliphatic carbocycles. The zero-order valence-electron chi connectivity index (χ0n) is 17.0. The van der Waals surface area contributed by atoms with Crippen molar-refractivity contribution in [3.8, 4) is 0 Å². The molecule has 0 N–H and O–H groups in total. The Balaban J connectivity index is 1.72. The lowest BCUT2D eigenvalue weighted by molar-refractivity contribution is -0.118. The van der Waals surface area contributed by atoms with Gasteiger partial charge in [0.15, 0.2) is 0 Å². The standard InChI is InChI=1S/C22H28N2O3S/c1-16-9-7-12-20(18(16)3)23(28(4,26)27)14-8-13-22(25)24-17(2)15-19-10-5-6-11-21(19)24/h5-7,9-12,17H,8,13-15H2,1-4H3/t17-/m0/s1. The Morgan fingerprint density at radius 3 is 2.57 bits per heavy atom. The molecule has 1 atom stereocenters. The molecular weight excluding hydrogens is 372 g/mol. The van der Waals surface area contributed by atoms with Crippen molar-refractivity contribution < 1.29 is 13.2 Å². The molecule has 0 saturated carbocycles. The lowest BCUT2D eigenvalue weighted by Crippen LogP contribution is -2.37. The molecule has 2 aromatic rings. The predicted molar refractivity (Wildman–Crippen MR) is 114 cm³/mol. The molecule has 2 aromatic carbocycles. The number of hydrogen-bond acceptors (Lipinski definition) is 3. The van der Waals surface area contributed by atoms with E-state index in [0.717, 1.165) is 23.2 Å². The Bertz CT molecular complexity index is 985. The highest BCUT2D eigenvalue weighted by atomic mass is 32.2. The van der Waals surface area contributed by atoms with E-state index in [1.165, 1.54) is 16.1 Å². The molecule has 28 heavy (non-hydrogen) atoms. The molecule has 6 heteroatoms. The van der Waals surface area contributed by atoms with Crippen molar-refractivity contribution in [3.05, 3.63) is 59.2 Å². The first-order chi connectivity index (χ1) is 13.2. The average Bonchev–Trinajstić information content (AvgIpc) is 2.96. The van der Waals surface area contributed by atoms with Crippen LogP contribution in [0.5, 0.6) is 0 Å². The van der Waals surface area contributed by atoms with Crippen molar-refractivity contribution >= 4 is 27.3 Å². The number of aryl methyl sites for hydroxylation is 1. The number of carbonyl (C=O) groups is 1. The maximum atomic E-state index is 12.9. The van der Waals surface area contributed by atoms with E-state index in [2.05, 4.69) is 13.0 Å². The van der Waals surface area contributed by atoms with E-state index >= 15 is 0 Å². The molecule has 0 radical (unpaired) electrons. The Labute approximate surface area is 168 Å². The summed E-state index contributed by atoms with van der Waals surface area (Å²) in [6.45, 7) is 6.24. The number of carbonyl (C=O) groups excluding carboxylic acids is 1. The predicted octanol–water partition coefficient (Wildman–Crippen LogP) is 3.83. The first-order valence-electron chi connectivity index (χ1n) is 9.64.